The Morgan fingerprint density at radius 2 is 1.91 bits per heavy atom. The number of nitrogens with two attached hydrogens (primary N) is 1. The fourth-order valence-corrected chi connectivity index (χ4v) is 2.77. The number of aromatic amines is 1. The summed E-state index contributed by atoms with van der Waals surface area (Å²) in [5.41, 5.74) is 8.59. The van der Waals surface area contributed by atoms with Crippen LogP contribution < -0.4 is 5.73 Å². The van der Waals surface area contributed by atoms with Crippen LogP contribution in [-0.2, 0) is 6.42 Å². The normalized spacial score (nSPS) is 12.7. The molecule has 0 saturated carbocycles. The standard InChI is InChI=1S/C18H20N4O/c1-22(2)15(11-12-7-4-3-5-8-12)18-20-14-10-6-9-13(17(19)23)16(14)21-18/h3-10,15H,11H2,1-2H3,(H2,19,23)(H,20,21)/t15-/m1/s1. The average Bonchev–Trinajstić information content (AvgIpc) is 2.96. The summed E-state index contributed by atoms with van der Waals surface area (Å²) in [6.07, 6.45) is 0.833. The maximum Gasteiger partial charge on any atom is 0.250 e. The smallest absolute Gasteiger partial charge is 0.250 e. The molecule has 5 nitrogen and oxygen atoms in total. The summed E-state index contributed by atoms with van der Waals surface area (Å²) in [5, 5.41) is 0. The van der Waals surface area contributed by atoms with Crippen LogP contribution in [-0.4, -0.2) is 34.9 Å². The lowest BCUT2D eigenvalue weighted by Crippen LogP contribution is -2.23. The zero-order valence-corrected chi connectivity index (χ0v) is 13.3. The molecule has 0 radical (unpaired) electrons. The molecule has 3 aromatic rings. The number of primary amides is 1. The first kappa shape index (κ1) is 15.2. The Hall–Kier alpha value is -2.66. The van der Waals surface area contributed by atoms with E-state index in [0.717, 1.165) is 17.8 Å². The Morgan fingerprint density at radius 1 is 1.17 bits per heavy atom. The van der Waals surface area contributed by atoms with Gasteiger partial charge in [-0.3, -0.25) is 9.69 Å². The van der Waals surface area contributed by atoms with Crippen LogP contribution >= 0.6 is 0 Å². The third-order valence-corrected chi connectivity index (χ3v) is 4.01. The number of benzene rings is 2. The molecule has 118 valence electrons. The molecule has 1 heterocycles. The first-order chi connectivity index (χ1) is 11.1. The highest BCUT2D eigenvalue weighted by Crippen LogP contribution is 2.24. The summed E-state index contributed by atoms with van der Waals surface area (Å²) in [7, 11) is 4.05. The zero-order valence-electron chi connectivity index (χ0n) is 13.3. The van der Waals surface area contributed by atoms with E-state index in [2.05, 4.69) is 27.0 Å². The van der Waals surface area contributed by atoms with Crippen molar-refractivity contribution in [3.8, 4) is 0 Å². The van der Waals surface area contributed by atoms with Gasteiger partial charge in [-0.25, -0.2) is 4.98 Å². The molecule has 1 amide bonds. The fourth-order valence-electron chi connectivity index (χ4n) is 2.77. The summed E-state index contributed by atoms with van der Waals surface area (Å²) in [5.74, 6) is 0.376. The fraction of sp³-hybridized carbons (Fsp3) is 0.222. The molecule has 3 rings (SSSR count). The van der Waals surface area contributed by atoms with Crippen molar-refractivity contribution in [3.63, 3.8) is 0 Å². The van der Waals surface area contributed by atoms with Gasteiger partial charge in [-0.2, -0.15) is 0 Å². The molecular weight excluding hydrogens is 288 g/mol. The molecule has 0 fully saturated rings. The second kappa shape index (κ2) is 6.22. The van der Waals surface area contributed by atoms with Gasteiger partial charge in [-0.15, -0.1) is 0 Å². The molecule has 23 heavy (non-hydrogen) atoms. The highest BCUT2D eigenvalue weighted by molar-refractivity contribution is 6.04. The highest BCUT2D eigenvalue weighted by Gasteiger charge is 2.20. The first-order valence-electron chi connectivity index (χ1n) is 7.55. The molecule has 0 saturated heterocycles. The van der Waals surface area contributed by atoms with Gasteiger partial charge in [0.15, 0.2) is 0 Å². The number of imidazole rings is 1. The Balaban J connectivity index is 2.02. The van der Waals surface area contributed by atoms with Crippen molar-refractivity contribution in [2.75, 3.05) is 14.1 Å². The summed E-state index contributed by atoms with van der Waals surface area (Å²) in [6.45, 7) is 0. The van der Waals surface area contributed by atoms with E-state index in [1.54, 1.807) is 6.07 Å². The molecule has 5 heteroatoms. The number of aromatic nitrogens is 2. The molecule has 2 aromatic carbocycles. The average molecular weight is 308 g/mol. The summed E-state index contributed by atoms with van der Waals surface area (Å²) >= 11 is 0. The quantitative estimate of drug-likeness (QED) is 0.760. The molecule has 3 N–H and O–H groups in total. The minimum atomic E-state index is -0.460. The van der Waals surface area contributed by atoms with E-state index < -0.39 is 5.91 Å². The maximum atomic E-state index is 11.6. The minimum absolute atomic E-state index is 0.0885. The summed E-state index contributed by atoms with van der Waals surface area (Å²) in [4.78, 5) is 21.7. The Bertz CT molecular complexity index is 823. The lowest BCUT2D eigenvalue weighted by atomic mass is 10.0. The first-order valence-corrected chi connectivity index (χ1v) is 7.55. The third kappa shape index (κ3) is 3.10. The number of likely N-dealkylation sites (N-methyl/N-ethyl adjacent to an activating group) is 1. The molecule has 1 aromatic heterocycles. The van der Waals surface area contributed by atoms with Crippen molar-refractivity contribution in [1.82, 2.24) is 14.9 Å². The van der Waals surface area contributed by atoms with Crippen LogP contribution in [0.1, 0.15) is 27.8 Å². The number of para-hydroxylation sites is 1. The second-order valence-electron chi connectivity index (χ2n) is 5.86. The predicted molar refractivity (Wildman–Crippen MR) is 91.2 cm³/mol. The lowest BCUT2D eigenvalue weighted by molar-refractivity contribution is 0.100. The van der Waals surface area contributed by atoms with Crippen molar-refractivity contribution >= 4 is 16.9 Å². The van der Waals surface area contributed by atoms with Crippen molar-refractivity contribution in [2.24, 2.45) is 5.73 Å². The van der Waals surface area contributed by atoms with Gasteiger partial charge < -0.3 is 10.7 Å². The van der Waals surface area contributed by atoms with Gasteiger partial charge in [0.05, 0.1) is 17.1 Å². The van der Waals surface area contributed by atoms with Gasteiger partial charge in [0.1, 0.15) is 11.3 Å². The largest absolute Gasteiger partial charge is 0.366 e. The van der Waals surface area contributed by atoms with Crippen LogP contribution in [0.3, 0.4) is 0 Å². The van der Waals surface area contributed by atoms with Gasteiger partial charge in [-0.1, -0.05) is 36.4 Å². The molecule has 1 atom stereocenters. The number of hydrogen-bond donors (Lipinski definition) is 2. The number of nitrogens with zero attached hydrogens (tertiary/aromatic N) is 2. The van der Waals surface area contributed by atoms with E-state index in [-0.39, 0.29) is 6.04 Å². The Kier molecular flexibility index (Phi) is 4.12. The van der Waals surface area contributed by atoms with Crippen molar-refractivity contribution in [1.29, 1.82) is 0 Å². The van der Waals surface area contributed by atoms with Gasteiger partial charge in [-0.05, 0) is 38.2 Å². The lowest BCUT2D eigenvalue weighted by Gasteiger charge is -2.22. The SMILES string of the molecule is CN(C)[C@H](Cc1ccccc1)c1nc2c(C(N)=O)cccc2[nH]1. The number of carbonyl (C=O) groups excluding carboxylic acids is 1. The Labute approximate surface area is 135 Å². The van der Waals surface area contributed by atoms with E-state index in [1.165, 1.54) is 5.56 Å². The van der Waals surface area contributed by atoms with Gasteiger partial charge in [0.25, 0.3) is 5.91 Å². The van der Waals surface area contributed by atoms with E-state index >= 15 is 0 Å². The number of rotatable bonds is 5. The van der Waals surface area contributed by atoms with Crippen LogP contribution in [0.5, 0.6) is 0 Å². The van der Waals surface area contributed by atoms with E-state index in [9.17, 15) is 4.79 Å². The zero-order chi connectivity index (χ0) is 16.4. The molecule has 0 bridgehead atoms. The minimum Gasteiger partial charge on any atom is -0.366 e. The van der Waals surface area contributed by atoms with E-state index in [1.807, 2.05) is 44.4 Å². The number of hydrogen-bond acceptors (Lipinski definition) is 3. The van der Waals surface area contributed by atoms with Crippen molar-refractivity contribution < 1.29 is 4.79 Å². The van der Waals surface area contributed by atoms with Crippen LogP contribution in [0.2, 0.25) is 0 Å². The molecular formula is C18H20N4O. The number of amides is 1. The van der Waals surface area contributed by atoms with Gasteiger partial charge in [0, 0.05) is 0 Å². The van der Waals surface area contributed by atoms with E-state index in [0.29, 0.717) is 11.1 Å². The van der Waals surface area contributed by atoms with Crippen molar-refractivity contribution in [2.45, 2.75) is 12.5 Å². The van der Waals surface area contributed by atoms with Gasteiger partial charge >= 0.3 is 0 Å². The van der Waals surface area contributed by atoms with Crippen LogP contribution in [0, 0.1) is 0 Å². The monoisotopic (exact) mass is 308 g/mol. The topological polar surface area (TPSA) is 75.0 Å². The molecule has 0 aliphatic heterocycles. The molecule has 0 aliphatic carbocycles. The van der Waals surface area contributed by atoms with Crippen molar-refractivity contribution in [3.05, 3.63) is 65.5 Å². The van der Waals surface area contributed by atoms with Gasteiger partial charge in [0.2, 0.25) is 0 Å². The molecule has 0 unspecified atom stereocenters. The third-order valence-electron chi connectivity index (χ3n) is 4.01. The number of H-pyrrole nitrogens is 1. The summed E-state index contributed by atoms with van der Waals surface area (Å²) in [6, 6.07) is 15.8. The molecule has 0 aliphatic rings. The van der Waals surface area contributed by atoms with Crippen LogP contribution in [0.15, 0.2) is 48.5 Å². The number of nitrogens with one attached hydrogen (secondary N) is 1. The van der Waals surface area contributed by atoms with E-state index in [4.69, 9.17) is 5.73 Å². The second-order valence-corrected chi connectivity index (χ2v) is 5.86. The maximum absolute atomic E-state index is 11.6. The number of fused-ring (bicyclic) bond motifs is 1. The van der Waals surface area contributed by atoms with Crippen LogP contribution in [0.4, 0.5) is 0 Å². The molecule has 0 spiro atoms. The summed E-state index contributed by atoms with van der Waals surface area (Å²) < 4.78 is 0. The predicted octanol–water partition coefficient (Wildman–Crippen LogP) is 2.51. The highest BCUT2D eigenvalue weighted by atomic mass is 16.1. The Morgan fingerprint density at radius 3 is 2.57 bits per heavy atom. The number of carbonyl (C=O) groups is 1. The van der Waals surface area contributed by atoms with Crippen LogP contribution in [0.25, 0.3) is 11.0 Å².